The van der Waals surface area contributed by atoms with Gasteiger partial charge in [0.15, 0.2) is 5.13 Å². The number of nitrogen functional groups attached to an aromatic ring is 1. The second kappa shape index (κ2) is 5.87. The number of pyridine rings is 1. The van der Waals surface area contributed by atoms with Crippen LogP contribution in [0.5, 0.6) is 0 Å². The summed E-state index contributed by atoms with van der Waals surface area (Å²) < 4.78 is 0. The van der Waals surface area contributed by atoms with Crippen molar-refractivity contribution in [3.63, 3.8) is 0 Å². The molecule has 0 unspecified atom stereocenters. The smallest absolute Gasteiger partial charge is 0.254 e. The van der Waals surface area contributed by atoms with E-state index in [0.717, 1.165) is 18.2 Å². The first-order valence-corrected chi connectivity index (χ1v) is 7.76. The van der Waals surface area contributed by atoms with E-state index in [1.165, 1.54) is 0 Å². The summed E-state index contributed by atoms with van der Waals surface area (Å²) in [4.78, 5) is 24.6. The van der Waals surface area contributed by atoms with Crippen molar-refractivity contribution >= 4 is 39.8 Å². The molecule has 0 spiro atoms. The summed E-state index contributed by atoms with van der Waals surface area (Å²) in [5.41, 5.74) is 6.11. The summed E-state index contributed by atoms with van der Waals surface area (Å²) in [6, 6.07) is 3.11. The highest BCUT2D eigenvalue weighted by molar-refractivity contribution is 7.13. The first-order valence-electron chi connectivity index (χ1n) is 6.50. The lowest BCUT2D eigenvalue weighted by Gasteiger charge is -2.34. The van der Waals surface area contributed by atoms with E-state index < -0.39 is 0 Å². The van der Waals surface area contributed by atoms with Crippen LogP contribution in [0.1, 0.15) is 10.4 Å². The van der Waals surface area contributed by atoms with Crippen molar-refractivity contribution in [3.8, 4) is 0 Å². The van der Waals surface area contributed by atoms with Gasteiger partial charge >= 0.3 is 0 Å². The lowest BCUT2D eigenvalue weighted by molar-refractivity contribution is 0.0746. The Morgan fingerprint density at radius 3 is 2.67 bits per heavy atom. The molecule has 8 heteroatoms. The number of anilines is 2. The summed E-state index contributed by atoms with van der Waals surface area (Å²) in [6.45, 7) is 2.84. The van der Waals surface area contributed by atoms with Gasteiger partial charge in [-0.05, 0) is 12.1 Å². The fraction of sp³-hybridized carbons (Fsp3) is 0.308. The summed E-state index contributed by atoms with van der Waals surface area (Å²) in [5, 5.41) is 3.19. The Morgan fingerprint density at radius 1 is 1.29 bits per heavy atom. The van der Waals surface area contributed by atoms with Gasteiger partial charge in [-0.15, -0.1) is 11.3 Å². The zero-order chi connectivity index (χ0) is 14.8. The molecular weight excluding hydrogens is 310 g/mol. The molecule has 0 bridgehead atoms. The average molecular weight is 324 g/mol. The van der Waals surface area contributed by atoms with Crippen molar-refractivity contribution in [2.75, 3.05) is 36.8 Å². The Morgan fingerprint density at radius 2 is 2.05 bits per heavy atom. The van der Waals surface area contributed by atoms with Gasteiger partial charge in [0.25, 0.3) is 5.91 Å². The van der Waals surface area contributed by atoms with Gasteiger partial charge in [-0.25, -0.2) is 9.97 Å². The number of carbonyl (C=O) groups excluding carboxylic acids is 1. The quantitative estimate of drug-likeness (QED) is 0.852. The normalized spacial score (nSPS) is 15.3. The molecule has 3 rings (SSSR count). The number of carbonyl (C=O) groups is 1. The minimum atomic E-state index is -0.0650. The molecule has 3 heterocycles. The molecule has 0 aliphatic carbocycles. The first kappa shape index (κ1) is 14.1. The van der Waals surface area contributed by atoms with Crippen molar-refractivity contribution in [1.29, 1.82) is 0 Å². The number of amides is 1. The van der Waals surface area contributed by atoms with Gasteiger partial charge in [0.1, 0.15) is 11.0 Å². The van der Waals surface area contributed by atoms with Crippen LogP contribution in [0, 0.1) is 0 Å². The van der Waals surface area contributed by atoms with Crippen molar-refractivity contribution in [2.45, 2.75) is 0 Å². The van der Waals surface area contributed by atoms with E-state index in [4.69, 9.17) is 17.3 Å². The maximum Gasteiger partial charge on any atom is 0.254 e. The van der Waals surface area contributed by atoms with Crippen LogP contribution in [0.25, 0.3) is 0 Å². The first-order chi connectivity index (χ1) is 10.1. The number of hydrogen-bond acceptors (Lipinski definition) is 6. The zero-order valence-corrected chi connectivity index (χ0v) is 12.8. The molecule has 0 radical (unpaired) electrons. The third-order valence-corrected chi connectivity index (χ3v) is 4.34. The van der Waals surface area contributed by atoms with E-state index in [9.17, 15) is 4.79 Å². The van der Waals surface area contributed by atoms with Crippen LogP contribution in [0.3, 0.4) is 0 Å². The second-order valence-corrected chi connectivity index (χ2v) is 5.96. The molecule has 1 aliphatic heterocycles. The van der Waals surface area contributed by atoms with Gasteiger partial charge in [-0.2, -0.15) is 0 Å². The number of halogens is 1. The van der Waals surface area contributed by atoms with Crippen molar-refractivity contribution in [3.05, 3.63) is 34.4 Å². The van der Waals surface area contributed by atoms with Crippen molar-refractivity contribution < 1.29 is 4.79 Å². The van der Waals surface area contributed by atoms with Gasteiger partial charge in [0.05, 0.1) is 0 Å². The van der Waals surface area contributed by atoms with Crippen LogP contribution in [0.15, 0.2) is 23.7 Å². The lowest BCUT2D eigenvalue weighted by Crippen LogP contribution is -2.48. The molecule has 21 heavy (non-hydrogen) atoms. The highest BCUT2D eigenvalue weighted by atomic mass is 35.5. The summed E-state index contributed by atoms with van der Waals surface area (Å²) in [5.74, 6) is 0.192. The van der Waals surface area contributed by atoms with E-state index in [1.54, 1.807) is 34.6 Å². The molecule has 0 aromatic carbocycles. The minimum absolute atomic E-state index is 0.0650. The topological polar surface area (TPSA) is 75.4 Å². The van der Waals surface area contributed by atoms with Crippen LogP contribution in [0.2, 0.25) is 5.15 Å². The fourth-order valence-corrected chi connectivity index (χ4v) is 3.21. The predicted molar refractivity (Wildman–Crippen MR) is 83.9 cm³/mol. The van der Waals surface area contributed by atoms with E-state index in [0.29, 0.717) is 18.7 Å². The van der Waals surface area contributed by atoms with E-state index in [-0.39, 0.29) is 16.9 Å². The Balaban J connectivity index is 1.67. The maximum absolute atomic E-state index is 12.4. The van der Waals surface area contributed by atoms with Crippen LogP contribution in [-0.2, 0) is 0 Å². The number of rotatable bonds is 2. The number of nitrogens with zero attached hydrogens (tertiary/aromatic N) is 4. The van der Waals surface area contributed by atoms with E-state index >= 15 is 0 Å². The lowest BCUT2D eigenvalue weighted by atomic mass is 10.2. The Kier molecular flexibility index (Phi) is 3.94. The molecule has 0 saturated carbocycles. The standard InChI is InChI=1S/C13H14ClN5OS/c14-10-7-9(8-11(15)17-10)12(20)18-2-4-19(5-3-18)13-16-1-6-21-13/h1,6-8H,2-5H2,(H2,15,17). The highest BCUT2D eigenvalue weighted by Gasteiger charge is 2.23. The van der Waals surface area contributed by atoms with Gasteiger partial charge < -0.3 is 15.5 Å². The molecule has 1 aliphatic rings. The number of nitrogens with two attached hydrogens (primary N) is 1. The largest absolute Gasteiger partial charge is 0.384 e. The Labute approximate surface area is 131 Å². The molecule has 2 aromatic heterocycles. The van der Waals surface area contributed by atoms with E-state index in [2.05, 4.69) is 14.9 Å². The molecule has 1 amide bonds. The molecule has 110 valence electrons. The number of aromatic nitrogens is 2. The number of piperazine rings is 1. The highest BCUT2D eigenvalue weighted by Crippen LogP contribution is 2.20. The molecule has 0 atom stereocenters. The van der Waals surface area contributed by atoms with Gasteiger partial charge in [0, 0.05) is 43.3 Å². The Hall–Kier alpha value is -1.86. The maximum atomic E-state index is 12.4. The monoisotopic (exact) mass is 323 g/mol. The molecule has 6 nitrogen and oxygen atoms in total. The summed E-state index contributed by atoms with van der Waals surface area (Å²) in [6.07, 6.45) is 1.79. The predicted octanol–water partition coefficient (Wildman–Crippen LogP) is 1.74. The van der Waals surface area contributed by atoms with Gasteiger partial charge in [-0.3, -0.25) is 4.79 Å². The fourth-order valence-electron chi connectivity index (χ4n) is 2.30. The summed E-state index contributed by atoms with van der Waals surface area (Å²) in [7, 11) is 0. The van der Waals surface area contributed by atoms with Gasteiger partial charge in [-0.1, -0.05) is 11.6 Å². The molecular formula is C13H14ClN5OS. The van der Waals surface area contributed by atoms with Crippen molar-refractivity contribution in [1.82, 2.24) is 14.9 Å². The summed E-state index contributed by atoms with van der Waals surface area (Å²) >= 11 is 7.46. The molecule has 1 saturated heterocycles. The van der Waals surface area contributed by atoms with Crippen LogP contribution >= 0.6 is 22.9 Å². The molecule has 2 N–H and O–H groups in total. The number of hydrogen-bond donors (Lipinski definition) is 1. The Bertz CT molecular complexity index is 620. The van der Waals surface area contributed by atoms with Crippen LogP contribution in [-0.4, -0.2) is 47.0 Å². The molecule has 1 fully saturated rings. The molecule has 2 aromatic rings. The van der Waals surface area contributed by atoms with Crippen LogP contribution < -0.4 is 10.6 Å². The second-order valence-electron chi connectivity index (χ2n) is 4.70. The zero-order valence-electron chi connectivity index (χ0n) is 11.2. The SMILES string of the molecule is Nc1cc(C(=O)N2CCN(c3nccs3)CC2)cc(Cl)n1. The van der Waals surface area contributed by atoms with Gasteiger partial charge in [0.2, 0.25) is 0 Å². The third kappa shape index (κ3) is 3.08. The number of thiazole rings is 1. The van der Waals surface area contributed by atoms with Crippen molar-refractivity contribution in [2.24, 2.45) is 0 Å². The third-order valence-electron chi connectivity index (χ3n) is 3.32. The minimum Gasteiger partial charge on any atom is -0.384 e. The van der Waals surface area contributed by atoms with Crippen LogP contribution in [0.4, 0.5) is 10.9 Å². The van der Waals surface area contributed by atoms with E-state index in [1.807, 2.05) is 5.38 Å². The average Bonchev–Trinajstić information content (AvgIpc) is 3.00.